The molecule has 0 bridgehead atoms. The van der Waals surface area contributed by atoms with Gasteiger partial charge in [0.1, 0.15) is 11.3 Å². The summed E-state index contributed by atoms with van der Waals surface area (Å²) in [5, 5.41) is 8.87. The molecule has 7 heteroatoms. The van der Waals surface area contributed by atoms with Gasteiger partial charge in [0.2, 0.25) is 0 Å². The smallest absolute Gasteiger partial charge is 0.196 e. The molecule has 1 N–H and O–H groups in total. The fraction of sp³-hybridized carbons (Fsp3) is 0.167. The second kappa shape index (κ2) is 8.78. The van der Waals surface area contributed by atoms with Gasteiger partial charge in [-0.2, -0.15) is 0 Å². The highest BCUT2D eigenvalue weighted by molar-refractivity contribution is 6.28. The first-order valence-electron chi connectivity index (χ1n) is 12.6. The van der Waals surface area contributed by atoms with Crippen LogP contribution in [0.1, 0.15) is 21.5 Å². The highest BCUT2D eigenvalue weighted by atomic mass is 16.5. The normalized spacial score (nSPS) is 14.6. The van der Waals surface area contributed by atoms with Crippen molar-refractivity contribution in [3.8, 4) is 11.3 Å². The van der Waals surface area contributed by atoms with Crippen molar-refractivity contribution in [1.82, 2.24) is 10.1 Å². The molecule has 1 aliphatic carbocycles. The molecule has 1 aliphatic heterocycles. The van der Waals surface area contributed by atoms with Gasteiger partial charge in [0.05, 0.1) is 16.6 Å². The van der Waals surface area contributed by atoms with Gasteiger partial charge in [0.25, 0.3) is 0 Å². The van der Waals surface area contributed by atoms with Crippen LogP contribution in [0.5, 0.6) is 0 Å². The summed E-state index contributed by atoms with van der Waals surface area (Å²) < 4.78 is 5.93. The number of nitrogens with zero attached hydrogens (tertiary/aromatic N) is 4. The van der Waals surface area contributed by atoms with Gasteiger partial charge in [-0.25, -0.2) is 4.98 Å². The van der Waals surface area contributed by atoms with Crippen LogP contribution < -0.4 is 15.1 Å². The molecule has 2 aliphatic rings. The number of ketones is 1. The molecule has 7 rings (SSSR count). The number of piperazine rings is 1. The molecule has 0 radical (unpaired) electrons. The van der Waals surface area contributed by atoms with Gasteiger partial charge in [-0.15, -0.1) is 0 Å². The molecule has 37 heavy (non-hydrogen) atoms. The van der Waals surface area contributed by atoms with Crippen molar-refractivity contribution in [1.29, 1.82) is 0 Å². The molecule has 0 unspecified atom stereocenters. The van der Waals surface area contributed by atoms with Crippen LogP contribution in [-0.2, 0) is 6.54 Å². The third-order valence-electron chi connectivity index (χ3n) is 7.30. The number of anilines is 3. The Kier molecular flexibility index (Phi) is 5.13. The molecule has 1 saturated heterocycles. The maximum atomic E-state index is 13.8. The second-order valence-electron chi connectivity index (χ2n) is 9.43. The van der Waals surface area contributed by atoms with E-state index >= 15 is 0 Å². The Morgan fingerprint density at radius 3 is 2.35 bits per heavy atom. The van der Waals surface area contributed by atoms with Crippen LogP contribution >= 0.6 is 0 Å². The van der Waals surface area contributed by atoms with Crippen LogP contribution in [0, 0.1) is 0 Å². The Morgan fingerprint density at radius 2 is 1.57 bits per heavy atom. The summed E-state index contributed by atoms with van der Waals surface area (Å²) in [6.07, 6.45) is 1.83. The minimum atomic E-state index is -0.00150. The van der Waals surface area contributed by atoms with Crippen molar-refractivity contribution in [3.63, 3.8) is 0 Å². The van der Waals surface area contributed by atoms with Gasteiger partial charge in [-0.1, -0.05) is 65.8 Å². The summed E-state index contributed by atoms with van der Waals surface area (Å²) in [7, 11) is 0. The molecule has 5 aromatic rings. The van der Waals surface area contributed by atoms with E-state index in [2.05, 4.69) is 43.5 Å². The fourth-order valence-electron chi connectivity index (χ4n) is 5.43. The molecule has 2 aromatic heterocycles. The Labute approximate surface area is 214 Å². The first-order valence-corrected chi connectivity index (χ1v) is 12.6. The molecule has 1 fully saturated rings. The van der Waals surface area contributed by atoms with E-state index < -0.39 is 0 Å². The Morgan fingerprint density at radius 1 is 0.838 bits per heavy atom. The number of benzene rings is 3. The summed E-state index contributed by atoms with van der Waals surface area (Å²) in [4.78, 5) is 22.9. The first-order chi connectivity index (χ1) is 18.3. The highest BCUT2D eigenvalue weighted by Gasteiger charge is 2.34. The van der Waals surface area contributed by atoms with Crippen LogP contribution in [0.4, 0.5) is 17.2 Å². The van der Waals surface area contributed by atoms with Gasteiger partial charge in [-0.05, 0) is 23.8 Å². The van der Waals surface area contributed by atoms with Crippen molar-refractivity contribution >= 4 is 33.9 Å². The highest BCUT2D eigenvalue weighted by Crippen LogP contribution is 2.46. The zero-order chi connectivity index (χ0) is 24.8. The van der Waals surface area contributed by atoms with Crippen molar-refractivity contribution in [2.24, 2.45) is 0 Å². The van der Waals surface area contributed by atoms with Crippen LogP contribution in [0.25, 0.3) is 22.2 Å². The SMILES string of the molecule is O=C1c2ccccc2-c2onc3c(N4CCN(c5ccccn5)CC4)cc(NCc4ccccc4)c1c23. The quantitative estimate of drug-likeness (QED) is 0.350. The number of carbonyl (C=O) groups excluding carboxylic acids is 1. The molecule has 3 heterocycles. The maximum Gasteiger partial charge on any atom is 0.196 e. The predicted octanol–water partition coefficient (Wildman–Crippen LogP) is 5.37. The fourth-order valence-corrected chi connectivity index (χ4v) is 5.43. The summed E-state index contributed by atoms with van der Waals surface area (Å²) in [6.45, 7) is 3.94. The number of hydrogen-bond donors (Lipinski definition) is 1. The number of nitrogens with one attached hydrogen (secondary N) is 1. The molecular formula is C30H25N5O2. The average Bonchev–Trinajstić information content (AvgIpc) is 3.41. The van der Waals surface area contributed by atoms with E-state index in [1.165, 1.54) is 0 Å². The molecular weight excluding hydrogens is 462 g/mol. The molecule has 182 valence electrons. The second-order valence-corrected chi connectivity index (χ2v) is 9.43. The van der Waals surface area contributed by atoms with Crippen LogP contribution in [-0.4, -0.2) is 42.1 Å². The lowest BCUT2D eigenvalue weighted by atomic mass is 9.86. The number of hydrogen-bond acceptors (Lipinski definition) is 7. The topological polar surface area (TPSA) is 74.5 Å². The van der Waals surface area contributed by atoms with E-state index in [1.54, 1.807) is 0 Å². The lowest BCUT2D eigenvalue weighted by Crippen LogP contribution is -2.47. The lowest BCUT2D eigenvalue weighted by molar-refractivity contribution is 0.104. The van der Waals surface area contributed by atoms with E-state index in [1.807, 2.05) is 66.9 Å². The van der Waals surface area contributed by atoms with Gasteiger partial charge in [0, 0.05) is 55.7 Å². The van der Waals surface area contributed by atoms with Crippen LogP contribution in [0.3, 0.4) is 0 Å². The van der Waals surface area contributed by atoms with Gasteiger partial charge in [0.15, 0.2) is 11.5 Å². The van der Waals surface area contributed by atoms with Gasteiger partial charge >= 0.3 is 0 Å². The number of pyridine rings is 1. The first kappa shape index (κ1) is 21.6. The molecule has 0 spiro atoms. The van der Waals surface area contributed by atoms with Crippen molar-refractivity contribution in [2.45, 2.75) is 6.54 Å². The molecule has 0 saturated carbocycles. The number of carbonyl (C=O) groups is 1. The average molecular weight is 488 g/mol. The summed E-state index contributed by atoms with van der Waals surface area (Å²) in [6, 6.07) is 25.9. The van der Waals surface area contributed by atoms with E-state index in [9.17, 15) is 4.79 Å². The third-order valence-corrected chi connectivity index (χ3v) is 7.30. The zero-order valence-electron chi connectivity index (χ0n) is 20.2. The van der Waals surface area contributed by atoms with E-state index in [0.29, 0.717) is 23.4 Å². The van der Waals surface area contributed by atoms with Crippen LogP contribution in [0.15, 0.2) is 89.6 Å². The minimum Gasteiger partial charge on any atom is -0.380 e. The van der Waals surface area contributed by atoms with Crippen molar-refractivity contribution in [3.05, 3.63) is 102 Å². The van der Waals surface area contributed by atoms with Crippen molar-refractivity contribution in [2.75, 3.05) is 41.3 Å². The number of fused-ring (bicyclic) bond motifs is 2. The maximum absolute atomic E-state index is 13.8. The standard InChI is InChI=1S/C30H25N5O2/c36-29-21-10-4-5-11-22(21)30-27-26(29)23(32-19-20-8-2-1-3-9-20)18-24(28(27)33-37-30)34-14-16-35(17-15-34)25-12-6-7-13-31-25/h1-13,18,32H,14-17,19H2. The Balaban J connectivity index is 1.31. The molecule has 7 nitrogen and oxygen atoms in total. The van der Waals surface area contributed by atoms with Crippen LogP contribution in [0.2, 0.25) is 0 Å². The zero-order valence-corrected chi connectivity index (χ0v) is 20.2. The predicted molar refractivity (Wildman–Crippen MR) is 145 cm³/mol. The van der Waals surface area contributed by atoms with E-state index in [4.69, 9.17) is 4.52 Å². The van der Waals surface area contributed by atoms with Crippen molar-refractivity contribution < 1.29 is 9.32 Å². The lowest BCUT2D eigenvalue weighted by Gasteiger charge is -2.37. The summed E-state index contributed by atoms with van der Waals surface area (Å²) >= 11 is 0. The minimum absolute atomic E-state index is 0.00150. The monoisotopic (exact) mass is 487 g/mol. The summed E-state index contributed by atoms with van der Waals surface area (Å²) in [5.41, 5.74) is 5.76. The summed E-state index contributed by atoms with van der Waals surface area (Å²) in [5.74, 6) is 1.66. The van der Waals surface area contributed by atoms with Gasteiger partial charge < -0.3 is 19.6 Å². The van der Waals surface area contributed by atoms with Gasteiger partial charge in [-0.3, -0.25) is 4.79 Å². The number of aromatic nitrogens is 2. The number of rotatable bonds is 5. The molecule has 3 aromatic carbocycles. The third kappa shape index (κ3) is 3.62. The Bertz CT molecular complexity index is 1610. The largest absolute Gasteiger partial charge is 0.380 e. The van der Waals surface area contributed by atoms with E-state index in [-0.39, 0.29) is 5.78 Å². The molecule has 0 amide bonds. The Hall–Kier alpha value is -4.65. The van der Waals surface area contributed by atoms with E-state index in [0.717, 1.165) is 65.4 Å². The molecule has 0 atom stereocenters.